The van der Waals surface area contributed by atoms with Gasteiger partial charge in [-0.3, -0.25) is 10.2 Å². The van der Waals surface area contributed by atoms with E-state index in [1.54, 1.807) is 12.1 Å². The maximum absolute atomic E-state index is 11.2. The van der Waals surface area contributed by atoms with Crippen molar-refractivity contribution in [3.8, 4) is 0 Å². The SMILES string of the molecule is CCCCCOCc1ccc(C(=O)NN)cc1. The molecule has 1 rings (SSSR count). The second kappa shape index (κ2) is 7.81. The summed E-state index contributed by atoms with van der Waals surface area (Å²) < 4.78 is 5.52. The fraction of sp³-hybridized carbons (Fsp3) is 0.462. The largest absolute Gasteiger partial charge is 0.377 e. The molecule has 3 N–H and O–H groups in total. The van der Waals surface area contributed by atoms with Gasteiger partial charge in [0.25, 0.3) is 5.91 Å². The van der Waals surface area contributed by atoms with Gasteiger partial charge < -0.3 is 4.74 Å². The van der Waals surface area contributed by atoms with E-state index >= 15 is 0 Å². The first kappa shape index (κ1) is 13.7. The van der Waals surface area contributed by atoms with Gasteiger partial charge in [-0.25, -0.2) is 5.84 Å². The zero-order valence-corrected chi connectivity index (χ0v) is 10.2. The highest BCUT2D eigenvalue weighted by Gasteiger charge is 2.02. The third-order valence-corrected chi connectivity index (χ3v) is 2.51. The summed E-state index contributed by atoms with van der Waals surface area (Å²) in [5, 5.41) is 0. The molecule has 1 aromatic carbocycles. The van der Waals surface area contributed by atoms with Gasteiger partial charge in [0.2, 0.25) is 0 Å². The molecule has 0 bridgehead atoms. The summed E-state index contributed by atoms with van der Waals surface area (Å²) >= 11 is 0. The van der Waals surface area contributed by atoms with Crippen molar-refractivity contribution in [2.75, 3.05) is 6.61 Å². The smallest absolute Gasteiger partial charge is 0.265 e. The summed E-state index contributed by atoms with van der Waals surface area (Å²) in [5.41, 5.74) is 3.72. The van der Waals surface area contributed by atoms with E-state index in [2.05, 4.69) is 12.3 Å². The van der Waals surface area contributed by atoms with E-state index < -0.39 is 0 Å². The Bertz CT molecular complexity index is 336. The number of rotatable bonds is 7. The minimum atomic E-state index is -0.277. The van der Waals surface area contributed by atoms with Crippen LogP contribution in [0.2, 0.25) is 0 Å². The van der Waals surface area contributed by atoms with Crippen molar-refractivity contribution < 1.29 is 9.53 Å². The second-order valence-corrected chi connectivity index (χ2v) is 3.93. The minimum absolute atomic E-state index is 0.277. The van der Waals surface area contributed by atoms with Gasteiger partial charge in [-0.05, 0) is 24.1 Å². The van der Waals surface area contributed by atoms with E-state index in [0.29, 0.717) is 12.2 Å². The molecule has 17 heavy (non-hydrogen) atoms. The van der Waals surface area contributed by atoms with Crippen molar-refractivity contribution in [2.24, 2.45) is 5.84 Å². The van der Waals surface area contributed by atoms with Gasteiger partial charge in [-0.1, -0.05) is 31.9 Å². The van der Waals surface area contributed by atoms with Crippen LogP contribution < -0.4 is 11.3 Å². The molecular weight excluding hydrogens is 216 g/mol. The number of amides is 1. The van der Waals surface area contributed by atoms with E-state index in [1.807, 2.05) is 12.1 Å². The number of unbranched alkanes of at least 4 members (excludes halogenated alkanes) is 2. The number of nitrogens with one attached hydrogen (secondary N) is 1. The molecule has 0 aliphatic rings. The predicted octanol–water partition coefficient (Wildman–Crippen LogP) is 2.00. The summed E-state index contributed by atoms with van der Waals surface area (Å²) in [7, 11) is 0. The van der Waals surface area contributed by atoms with Gasteiger partial charge in [0, 0.05) is 12.2 Å². The zero-order valence-electron chi connectivity index (χ0n) is 10.2. The first-order valence-corrected chi connectivity index (χ1v) is 5.95. The van der Waals surface area contributed by atoms with Gasteiger partial charge in [0.15, 0.2) is 0 Å². The molecule has 1 aromatic rings. The number of hydrogen-bond donors (Lipinski definition) is 2. The van der Waals surface area contributed by atoms with E-state index in [9.17, 15) is 4.79 Å². The first-order chi connectivity index (χ1) is 8.27. The predicted molar refractivity (Wildman–Crippen MR) is 67.3 cm³/mol. The molecule has 0 atom stereocenters. The van der Waals surface area contributed by atoms with Crippen molar-refractivity contribution in [3.63, 3.8) is 0 Å². The van der Waals surface area contributed by atoms with Crippen LogP contribution in [0.25, 0.3) is 0 Å². The van der Waals surface area contributed by atoms with Crippen molar-refractivity contribution in [1.29, 1.82) is 0 Å². The first-order valence-electron chi connectivity index (χ1n) is 5.95. The normalized spacial score (nSPS) is 10.2. The quantitative estimate of drug-likeness (QED) is 0.329. The standard InChI is InChI=1S/C13H20N2O2/c1-2-3-4-9-17-10-11-5-7-12(8-6-11)13(16)15-14/h5-8H,2-4,9-10,14H2,1H3,(H,15,16). The summed E-state index contributed by atoms with van der Waals surface area (Å²) in [6.45, 7) is 3.55. The highest BCUT2D eigenvalue weighted by atomic mass is 16.5. The number of carbonyl (C=O) groups excluding carboxylic acids is 1. The molecule has 0 fully saturated rings. The van der Waals surface area contributed by atoms with Crippen LogP contribution in [0.4, 0.5) is 0 Å². The molecule has 0 unspecified atom stereocenters. The molecule has 4 heteroatoms. The fourth-order valence-electron chi connectivity index (χ4n) is 1.48. The Balaban J connectivity index is 2.33. The second-order valence-electron chi connectivity index (χ2n) is 3.93. The number of nitrogen functional groups attached to an aromatic ring is 1. The van der Waals surface area contributed by atoms with Gasteiger partial charge in [-0.15, -0.1) is 0 Å². The lowest BCUT2D eigenvalue weighted by Crippen LogP contribution is -2.29. The van der Waals surface area contributed by atoms with Crippen LogP contribution >= 0.6 is 0 Å². The Morgan fingerprint density at radius 3 is 2.59 bits per heavy atom. The van der Waals surface area contributed by atoms with Crippen LogP contribution in [0.1, 0.15) is 42.1 Å². The summed E-state index contributed by atoms with van der Waals surface area (Å²) in [6, 6.07) is 7.24. The van der Waals surface area contributed by atoms with E-state index in [-0.39, 0.29) is 5.91 Å². The van der Waals surface area contributed by atoms with Crippen molar-refractivity contribution in [3.05, 3.63) is 35.4 Å². The van der Waals surface area contributed by atoms with E-state index in [0.717, 1.165) is 18.6 Å². The average Bonchev–Trinajstić information content (AvgIpc) is 2.38. The molecule has 0 heterocycles. The summed E-state index contributed by atoms with van der Waals surface area (Å²) in [5.74, 6) is 4.77. The fourth-order valence-corrected chi connectivity index (χ4v) is 1.48. The highest BCUT2D eigenvalue weighted by Crippen LogP contribution is 2.06. The molecular formula is C13H20N2O2. The number of ether oxygens (including phenoxy) is 1. The van der Waals surface area contributed by atoms with Gasteiger partial charge >= 0.3 is 0 Å². The van der Waals surface area contributed by atoms with Crippen LogP contribution in [-0.4, -0.2) is 12.5 Å². The summed E-state index contributed by atoms with van der Waals surface area (Å²) in [4.78, 5) is 11.2. The van der Waals surface area contributed by atoms with Crippen LogP contribution in [0.3, 0.4) is 0 Å². The van der Waals surface area contributed by atoms with Crippen molar-refractivity contribution in [1.82, 2.24) is 5.43 Å². The molecule has 0 saturated carbocycles. The Kier molecular flexibility index (Phi) is 6.29. The number of hydrazine groups is 1. The number of nitrogens with two attached hydrogens (primary N) is 1. The van der Waals surface area contributed by atoms with Crippen LogP contribution in [0.15, 0.2) is 24.3 Å². The third kappa shape index (κ3) is 4.97. The third-order valence-electron chi connectivity index (χ3n) is 2.51. The Labute approximate surface area is 102 Å². The highest BCUT2D eigenvalue weighted by molar-refractivity contribution is 5.93. The van der Waals surface area contributed by atoms with Crippen molar-refractivity contribution in [2.45, 2.75) is 32.8 Å². The van der Waals surface area contributed by atoms with E-state index in [4.69, 9.17) is 10.6 Å². The Morgan fingerprint density at radius 2 is 2.00 bits per heavy atom. The van der Waals surface area contributed by atoms with Crippen LogP contribution in [0.5, 0.6) is 0 Å². The lowest BCUT2D eigenvalue weighted by atomic mass is 10.1. The molecule has 0 spiro atoms. The van der Waals surface area contributed by atoms with Gasteiger partial charge in [-0.2, -0.15) is 0 Å². The summed E-state index contributed by atoms with van der Waals surface area (Å²) in [6.07, 6.45) is 3.51. The van der Waals surface area contributed by atoms with Crippen LogP contribution in [-0.2, 0) is 11.3 Å². The average molecular weight is 236 g/mol. The molecule has 0 aliphatic carbocycles. The van der Waals surface area contributed by atoms with Crippen molar-refractivity contribution >= 4 is 5.91 Å². The zero-order chi connectivity index (χ0) is 12.5. The lowest BCUT2D eigenvalue weighted by molar-refractivity contribution is 0.0953. The molecule has 94 valence electrons. The van der Waals surface area contributed by atoms with E-state index in [1.165, 1.54) is 12.8 Å². The topological polar surface area (TPSA) is 64.3 Å². The molecule has 0 radical (unpaired) electrons. The molecule has 0 aliphatic heterocycles. The molecule has 0 saturated heterocycles. The Hall–Kier alpha value is -1.39. The molecule has 4 nitrogen and oxygen atoms in total. The lowest BCUT2D eigenvalue weighted by Gasteiger charge is -2.05. The van der Waals surface area contributed by atoms with Crippen LogP contribution in [0, 0.1) is 0 Å². The number of hydrogen-bond acceptors (Lipinski definition) is 3. The molecule has 0 aromatic heterocycles. The minimum Gasteiger partial charge on any atom is -0.377 e. The number of benzene rings is 1. The maximum atomic E-state index is 11.2. The molecule has 1 amide bonds. The maximum Gasteiger partial charge on any atom is 0.265 e. The van der Waals surface area contributed by atoms with Gasteiger partial charge in [0.1, 0.15) is 0 Å². The van der Waals surface area contributed by atoms with Gasteiger partial charge in [0.05, 0.1) is 6.61 Å². The number of carbonyl (C=O) groups is 1. The Morgan fingerprint density at radius 1 is 1.29 bits per heavy atom. The monoisotopic (exact) mass is 236 g/mol.